The van der Waals surface area contributed by atoms with Crippen LogP contribution in [0.15, 0.2) is 54.1 Å². The molecule has 1 aliphatic rings. The van der Waals surface area contributed by atoms with Crippen LogP contribution in [-0.2, 0) is 0 Å². The van der Waals surface area contributed by atoms with Crippen LogP contribution in [0.3, 0.4) is 0 Å². The molecule has 0 aromatic heterocycles. The van der Waals surface area contributed by atoms with Crippen molar-refractivity contribution in [3.63, 3.8) is 0 Å². The monoisotopic (exact) mass is 400 g/mol. The van der Waals surface area contributed by atoms with Crippen molar-refractivity contribution >= 4 is 17.2 Å². The van der Waals surface area contributed by atoms with Gasteiger partial charge in [0, 0.05) is 0 Å². The Morgan fingerprint density at radius 3 is 2.07 bits per heavy atom. The summed E-state index contributed by atoms with van der Waals surface area (Å²) in [4.78, 5) is 0. The Hall–Kier alpha value is -1.97. The Balaban J connectivity index is 2.02. The van der Waals surface area contributed by atoms with Gasteiger partial charge in [-0.3, -0.25) is 0 Å². The highest BCUT2D eigenvalue weighted by Crippen LogP contribution is 2.39. The molecule has 0 saturated heterocycles. The minimum Gasteiger partial charge on any atom is -0.508 e. The Morgan fingerprint density at radius 2 is 1.54 bits per heavy atom. The third kappa shape index (κ3) is 5.09. The maximum Gasteiger partial charge on any atom is 0.119 e. The Kier molecular flexibility index (Phi) is 7.41. The average molecular weight is 401 g/mol. The van der Waals surface area contributed by atoms with E-state index in [0.717, 1.165) is 49.0 Å². The lowest BCUT2D eigenvalue weighted by atomic mass is 9.77. The van der Waals surface area contributed by atoms with Crippen molar-refractivity contribution in [1.82, 2.24) is 0 Å². The van der Waals surface area contributed by atoms with Crippen molar-refractivity contribution in [2.24, 2.45) is 5.92 Å². The van der Waals surface area contributed by atoms with Gasteiger partial charge in [-0.1, -0.05) is 36.8 Å². The second kappa shape index (κ2) is 9.99. The third-order valence-corrected chi connectivity index (χ3v) is 5.69. The number of phenols is 1. The highest BCUT2D eigenvalue weighted by atomic mass is 35.5. The molecule has 0 unspecified atom stereocenters. The summed E-state index contributed by atoms with van der Waals surface area (Å²) >= 11 is 5.71. The lowest BCUT2D eigenvalue weighted by molar-refractivity contribution is 0.115. The molecule has 0 aliphatic heterocycles. The fourth-order valence-electron chi connectivity index (χ4n) is 4.13. The van der Waals surface area contributed by atoms with E-state index in [1.54, 1.807) is 12.1 Å². The predicted octanol–water partition coefficient (Wildman–Crippen LogP) is 5.77. The summed E-state index contributed by atoms with van der Waals surface area (Å²) in [7, 11) is 0. The number of halogens is 1. The van der Waals surface area contributed by atoms with Crippen LogP contribution < -0.4 is 4.74 Å². The fraction of sp³-hybridized carbons (Fsp3) is 0.417. The second-order valence-electron chi connectivity index (χ2n) is 7.37. The predicted molar refractivity (Wildman–Crippen MR) is 115 cm³/mol. The van der Waals surface area contributed by atoms with Gasteiger partial charge < -0.3 is 14.9 Å². The van der Waals surface area contributed by atoms with Crippen LogP contribution >= 0.6 is 11.6 Å². The first-order chi connectivity index (χ1) is 13.6. The third-order valence-electron chi connectivity index (χ3n) is 5.54. The van der Waals surface area contributed by atoms with E-state index in [1.165, 1.54) is 11.1 Å². The molecule has 1 fully saturated rings. The molecule has 28 heavy (non-hydrogen) atoms. The molecule has 0 bridgehead atoms. The van der Waals surface area contributed by atoms with E-state index in [-0.39, 0.29) is 11.9 Å². The molecule has 2 aromatic carbocycles. The van der Waals surface area contributed by atoms with Crippen LogP contribution in [-0.4, -0.2) is 28.8 Å². The lowest BCUT2D eigenvalue weighted by Crippen LogP contribution is -2.20. The number of aromatic hydroxyl groups is 1. The highest BCUT2D eigenvalue weighted by Gasteiger charge is 2.25. The van der Waals surface area contributed by atoms with E-state index >= 15 is 0 Å². The van der Waals surface area contributed by atoms with Gasteiger partial charge in [-0.05, 0) is 79.0 Å². The van der Waals surface area contributed by atoms with E-state index < -0.39 is 0 Å². The molecule has 3 rings (SSSR count). The Labute approximate surface area is 172 Å². The van der Waals surface area contributed by atoms with E-state index in [2.05, 4.69) is 19.1 Å². The number of aliphatic hydroxyl groups excluding tert-OH is 1. The van der Waals surface area contributed by atoms with Gasteiger partial charge in [0.2, 0.25) is 0 Å². The summed E-state index contributed by atoms with van der Waals surface area (Å²) in [5, 5.41) is 19.6. The molecular formula is C24H29ClO3. The van der Waals surface area contributed by atoms with Crippen molar-refractivity contribution < 1.29 is 14.9 Å². The van der Waals surface area contributed by atoms with Crippen LogP contribution in [0.4, 0.5) is 0 Å². The first-order valence-corrected chi connectivity index (χ1v) is 10.7. The fourth-order valence-corrected chi connectivity index (χ4v) is 4.21. The maximum absolute atomic E-state index is 9.92. The van der Waals surface area contributed by atoms with Gasteiger partial charge in [0.1, 0.15) is 18.1 Å². The molecule has 4 heteroatoms. The largest absolute Gasteiger partial charge is 0.508 e. The molecule has 1 aliphatic carbocycles. The standard InChI is InChI=1S/C24H29ClO3/c1-2-23(17-3-9-20(26)10-4-17)24(18-5-11-21(27)12-6-18)19-7-13-22(14-8-19)28-16-15-25/h5-8,11-14,17,20,26-27H,2-4,9-10,15-16H2,1H3/b24-23-. The smallest absolute Gasteiger partial charge is 0.119 e. The summed E-state index contributed by atoms with van der Waals surface area (Å²) in [5.41, 5.74) is 4.90. The maximum atomic E-state index is 9.92. The summed E-state index contributed by atoms with van der Waals surface area (Å²) in [6, 6.07) is 15.6. The second-order valence-corrected chi connectivity index (χ2v) is 7.75. The van der Waals surface area contributed by atoms with Crippen LogP contribution in [0.25, 0.3) is 5.57 Å². The van der Waals surface area contributed by atoms with Gasteiger partial charge in [0.25, 0.3) is 0 Å². The summed E-state index contributed by atoms with van der Waals surface area (Å²) in [6.07, 6.45) is 4.56. The highest BCUT2D eigenvalue weighted by molar-refractivity contribution is 6.18. The first-order valence-electron chi connectivity index (χ1n) is 10.1. The van der Waals surface area contributed by atoms with Crippen LogP contribution in [0.1, 0.15) is 50.2 Å². The van der Waals surface area contributed by atoms with E-state index in [4.69, 9.17) is 16.3 Å². The quantitative estimate of drug-likeness (QED) is 0.580. The Bertz CT molecular complexity index is 773. The number of phenolic OH excluding ortho intramolecular Hbond substituents is 1. The van der Waals surface area contributed by atoms with E-state index in [9.17, 15) is 10.2 Å². The molecule has 0 atom stereocenters. The minimum absolute atomic E-state index is 0.162. The van der Waals surface area contributed by atoms with Crippen LogP contribution in [0.5, 0.6) is 11.5 Å². The molecule has 0 radical (unpaired) electrons. The van der Waals surface area contributed by atoms with Gasteiger partial charge in [-0.25, -0.2) is 0 Å². The summed E-state index contributed by atoms with van der Waals surface area (Å²) in [5.74, 6) is 2.03. The molecular weight excluding hydrogens is 372 g/mol. The number of hydrogen-bond donors (Lipinski definition) is 2. The van der Waals surface area contributed by atoms with Gasteiger partial charge in [0.05, 0.1) is 12.0 Å². The SMILES string of the molecule is CC/C(=C(\c1ccc(O)cc1)c1ccc(OCCCl)cc1)C1CCC(O)CC1. The molecule has 0 spiro atoms. The zero-order chi connectivity index (χ0) is 19.9. The van der Waals surface area contributed by atoms with Crippen molar-refractivity contribution in [2.45, 2.75) is 45.1 Å². The van der Waals surface area contributed by atoms with Crippen molar-refractivity contribution in [2.75, 3.05) is 12.5 Å². The number of alkyl halides is 1. The number of hydrogen-bond acceptors (Lipinski definition) is 3. The number of benzene rings is 2. The summed E-state index contributed by atoms with van der Waals surface area (Å²) in [6.45, 7) is 2.70. The van der Waals surface area contributed by atoms with Gasteiger partial charge >= 0.3 is 0 Å². The van der Waals surface area contributed by atoms with E-state index in [0.29, 0.717) is 18.4 Å². The molecule has 2 N–H and O–H groups in total. The van der Waals surface area contributed by atoms with Gasteiger partial charge in [0.15, 0.2) is 0 Å². The topological polar surface area (TPSA) is 49.7 Å². The van der Waals surface area contributed by atoms with Crippen molar-refractivity contribution in [3.8, 4) is 11.5 Å². The molecule has 0 amide bonds. The lowest BCUT2D eigenvalue weighted by Gasteiger charge is -2.29. The minimum atomic E-state index is -0.162. The molecule has 0 heterocycles. The normalized spacial score (nSPS) is 20.5. The number of ether oxygens (including phenoxy) is 1. The number of allylic oxidation sites excluding steroid dienone is 1. The van der Waals surface area contributed by atoms with Gasteiger partial charge in [-0.15, -0.1) is 11.6 Å². The zero-order valence-corrected chi connectivity index (χ0v) is 17.2. The Morgan fingerprint density at radius 1 is 0.964 bits per heavy atom. The first kappa shape index (κ1) is 20.8. The molecule has 150 valence electrons. The summed E-state index contributed by atoms with van der Waals surface area (Å²) < 4.78 is 5.62. The van der Waals surface area contributed by atoms with Crippen LogP contribution in [0.2, 0.25) is 0 Å². The zero-order valence-electron chi connectivity index (χ0n) is 16.4. The van der Waals surface area contributed by atoms with Crippen LogP contribution in [0, 0.1) is 5.92 Å². The van der Waals surface area contributed by atoms with Gasteiger partial charge in [-0.2, -0.15) is 0 Å². The van der Waals surface area contributed by atoms with Crippen molar-refractivity contribution in [1.29, 1.82) is 0 Å². The van der Waals surface area contributed by atoms with Crippen molar-refractivity contribution in [3.05, 3.63) is 65.2 Å². The average Bonchev–Trinajstić information content (AvgIpc) is 2.73. The van der Waals surface area contributed by atoms with E-state index in [1.807, 2.05) is 24.3 Å². The molecule has 2 aromatic rings. The number of aliphatic hydroxyl groups is 1. The molecule has 1 saturated carbocycles. The molecule has 3 nitrogen and oxygen atoms in total. The number of rotatable bonds is 7.